The van der Waals surface area contributed by atoms with Gasteiger partial charge in [0.05, 0.1) is 6.04 Å². The molecule has 100 valence electrons. The molecule has 1 fully saturated rings. The average molecular weight is 261 g/mol. The van der Waals surface area contributed by atoms with Gasteiger partial charge in [-0.15, -0.1) is 0 Å². The number of rotatable bonds is 2. The minimum atomic E-state index is -0.284. The van der Waals surface area contributed by atoms with E-state index in [9.17, 15) is 4.39 Å². The molecular weight excluding hydrogens is 245 g/mol. The Morgan fingerprint density at radius 1 is 1.37 bits per heavy atom. The second-order valence-electron chi connectivity index (χ2n) is 5.17. The zero-order valence-electron chi connectivity index (χ0n) is 11.0. The molecule has 0 aliphatic carbocycles. The van der Waals surface area contributed by atoms with E-state index < -0.39 is 0 Å². The lowest BCUT2D eigenvalue weighted by molar-refractivity contribution is 0.319. The third kappa shape index (κ3) is 2.38. The maximum Gasteiger partial charge on any atom is 0.244 e. The molecule has 0 spiro atoms. The highest BCUT2D eigenvalue weighted by Gasteiger charge is 2.29. The van der Waals surface area contributed by atoms with E-state index in [2.05, 4.69) is 22.4 Å². The Kier molecular flexibility index (Phi) is 3.06. The predicted molar refractivity (Wildman–Crippen MR) is 69.0 cm³/mol. The summed E-state index contributed by atoms with van der Waals surface area (Å²) in [7, 11) is 0. The first-order valence-electron chi connectivity index (χ1n) is 6.48. The van der Waals surface area contributed by atoms with Gasteiger partial charge in [-0.2, -0.15) is 4.98 Å². The molecule has 5 heteroatoms. The zero-order valence-corrected chi connectivity index (χ0v) is 11.0. The maximum absolute atomic E-state index is 13.4. The summed E-state index contributed by atoms with van der Waals surface area (Å²) in [5.74, 6) is 1.22. The second-order valence-corrected chi connectivity index (χ2v) is 5.17. The van der Waals surface area contributed by atoms with Crippen molar-refractivity contribution in [1.29, 1.82) is 0 Å². The van der Waals surface area contributed by atoms with Gasteiger partial charge in [-0.3, -0.25) is 0 Å². The molecule has 2 heterocycles. The van der Waals surface area contributed by atoms with Crippen molar-refractivity contribution in [3.8, 4) is 11.4 Å². The molecule has 1 aromatic carbocycles. The standard InChI is InChI=1S/C14H16FN3O/c1-8-5-10(7-11(15)6-8)13-17-14(19-18-13)12-9(2)3-4-16-12/h5-7,9,12,16H,3-4H2,1-2H3. The highest BCUT2D eigenvalue weighted by Crippen LogP contribution is 2.29. The molecule has 2 atom stereocenters. The van der Waals surface area contributed by atoms with Crippen LogP contribution in [0.5, 0.6) is 0 Å². The van der Waals surface area contributed by atoms with Crippen LogP contribution in [0.4, 0.5) is 4.39 Å². The molecule has 3 rings (SSSR count). The molecule has 1 aliphatic rings. The van der Waals surface area contributed by atoms with Crippen LogP contribution >= 0.6 is 0 Å². The van der Waals surface area contributed by atoms with Gasteiger partial charge in [-0.05, 0) is 49.6 Å². The smallest absolute Gasteiger partial charge is 0.244 e. The number of hydrogen-bond acceptors (Lipinski definition) is 4. The number of aromatic nitrogens is 2. The highest BCUT2D eigenvalue weighted by molar-refractivity contribution is 5.55. The Morgan fingerprint density at radius 3 is 2.89 bits per heavy atom. The Hall–Kier alpha value is -1.75. The molecule has 2 aromatic rings. The Balaban J connectivity index is 1.92. The molecule has 0 bridgehead atoms. The normalized spacial score (nSPS) is 22.9. The monoisotopic (exact) mass is 261 g/mol. The fraction of sp³-hybridized carbons (Fsp3) is 0.429. The van der Waals surface area contributed by atoms with Crippen LogP contribution in [0.1, 0.15) is 30.8 Å². The first-order chi connectivity index (χ1) is 9.13. The van der Waals surface area contributed by atoms with Crippen molar-refractivity contribution < 1.29 is 8.91 Å². The lowest BCUT2D eigenvalue weighted by atomic mass is 10.0. The molecule has 0 amide bonds. The SMILES string of the molecule is Cc1cc(F)cc(-c2noc(C3NCCC3C)n2)c1. The number of aryl methyl sites for hydroxylation is 1. The fourth-order valence-corrected chi connectivity index (χ4v) is 2.51. The van der Waals surface area contributed by atoms with Crippen molar-refractivity contribution in [2.75, 3.05) is 6.54 Å². The van der Waals surface area contributed by atoms with Gasteiger partial charge in [-0.1, -0.05) is 12.1 Å². The van der Waals surface area contributed by atoms with Gasteiger partial charge in [0.15, 0.2) is 0 Å². The summed E-state index contributed by atoms with van der Waals surface area (Å²) >= 11 is 0. The average Bonchev–Trinajstić information content (AvgIpc) is 2.95. The summed E-state index contributed by atoms with van der Waals surface area (Å²) in [5.41, 5.74) is 1.49. The van der Waals surface area contributed by atoms with E-state index in [1.54, 1.807) is 0 Å². The number of nitrogens with zero attached hydrogens (tertiary/aromatic N) is 2. The van der Waals surface area contributed by atoms with Gasteiger partial charge in [0.25, 0.3) is 0 Å². The summed E-state index contributed by atoms with van der Waals surface area (Å²) < 4.78 is 18.7. The van der Waals surface area contributed by atoms with Gasteiger partial charge < -0.3 is 9.84 Å². The minimum Gasteiger partial charge on any atom is -0.337 e. The summed E-state index contributed by atoms with van der Waals surface area (Å²) in [6.07, 6.45) is 1.10. The molecule has 1 aromatic heterocycles. The lowest BCUT2D eigenvalue weighted by Crippen LogP contribution is -2.16. The highest BCUT2D eigenvalue weighted by atomic mass is 19.1. The van der Waals surface area contributed by atoms with Crippen LogP contribution in [0.15, 0.2) is 22.7 Å². The summed E-state index contributed by atoms with van der Waals surface area (Å²) in [6.45, 7) is 4.96. The van der Waals surface area contributed by atoms with E-state index in [1.165, 1.54) is 12.1 Å². The Morgan fingerprint density at radius 2 is 2.21 bits per heavy atom. The molecule has 4 nitrogen and oxygen atoms in total. The third-order valence-corrected chi connectivity index (χ3v) is 3.54. The third-order valence-electron chi connectivity index (χ3n) is 3.54. The Labute approximate surface area is 111 Å². The summed E-state index contributed by atoms with van der Waals surface area (Å²) in [6, 6.07) is 4.86. The largest absolute Gasteiger partial charge is 0.337 e. The first-order valence-corrected chi connectivity index (χ1v) is 6.48. The zero-order chi connectivity index (χ0) is 13.4. The molecule has 0 radical (unpaired) electrons. The molecular formula is C14H16FN3O. The summed E-state index contributed by atoms with van der Waals surface area (Å²) in [5, 5.41) is 7.29. The minimum absolute atomic E-state index is 0.107. The van der Waals surface area contributed by atoms with E-state index >= 15 is 0 Å². The lowest BCUT2D eigenvalue weighted by Gasteiger charge is -2.09. The first kappa shape index (κ1) is 12.3. The van der Waals surface area contributed by atoms with Crippen molar-refractivity contribution in [2.45, 2.75) is 26.3 Å². The molecule has 1 N–H and O–H groups in total. The van der Waals surface area contributed by atoms with E-state index in [1.807, 2.05) is 13.0 Å². The number of halogens is 1. The van der Waals surface area contributed by atoms with Crippen LogP contribution in [0.25, 0.3) is 11.4 Å². The van der Waals surface area contributed by atoms with Crippen molar-refractivity contribution in [2.24, 2.45) is 5.92 Å². The van der Waals surface area contributed by atoms with Crippen molar-refractivity contribution in [1.82, 2.24) is 15.5 Å². The molecule has 19 heavy (non-hydrogen) atoms. The Bertz CT molecular complexity index is 576. The van der Waals surface area contributed by atoms with E-state index in [0.29, 0.717) is 23.2 Å². The van der Waals surface area contributed by atoms with Gasteiger partial charge in [0, 0.05) is 5.56 Å². The fourth-order valence-electron chi connectivity index (χ4n) is 2.51. The number of hydrogen-bond donors (Lipinski definition) is 1. The number of benzene rings is 1. The van der Waals surface area contributed by atoms with Crippen molar-refractivity contribution >= 4 is 0 Å². The van der Waals surface area contributed by atoms with Crippen molar-refractivity contribution in [3.05, 3.63) is 35.5 Å². The van der Waals surface area contributed by atoms with Gasteiger partial charge >= 0.3 is 0 Å². The molecule has 1 aliphatic heterocycles. The van der Waals surface area contributed by atoms with Gasteiger partial charge in [0.2, 0.25) is 11.7 Å². The van der Waals surface area contributed by atoms with E-state index in [0.717, 1.165) is 18.5 Å². The van der Waals surface area contributed by atoms with Gasteiger partial charge in [-0.25, -0.2) is 4.39 Å². The molecule has 1 saturated heterocycles. The quantitative estimate of drug-likeness (QED) is 0.903. The van der Waals surface area contributed by atoms with Crippen LogP contribution in [0.2, 0.25) is 0 Å². The van der Waals surface area contributed by atoms with Crippen LogP contribution in [-0.2, 0) is 0 Å². The second kappa shape index (κ2) is 4.74. The van der Waals surface area contributed by atoms with Crippen LogP contribution in [0, 0.1) is 18.7 Å². The van der Waals surface area contributed by atoms with Crippen LogP contribution in [0.3, 0.4) is 0 Å². The number of nitrogens with one attached hydrogen (secondary N) is 1. The topological polar surface area (TPSA) is 51.0 Å². The van der Waals surface area contributed by atoms with E-state index in [4.69, 9.17) is 4.52 Å². The summed E-state index contributed by atoms with van der Waals surface area (Å²) in [4.78, 5) is 4.39. The molecule has 2 unspecified atom stereocenters. The van der Waals surface area contributed by atoms with Crippen LogP contribution in [-0.4, -0.2) is 16.7 Å². The predicted octanol–water partition coefficient (Wildman–Crippen LogP) is 2.85. The van der Waals surface area contributed by atoms with Crippen molar-refractivity contribution in [3.63, 3.8) is 0 Å². The van der Waals surface area contributed by atoms with E-state index in [-0.39, 0.29) is 11.9 Å². The van der Waals surface area contributed by atoms with Crippen LogP contribution < -0.4 is 5.32 Å². The maximum atomic E-state index is 13.4. The van der Waals surface area contributed by atoms with Gasteiger partial charge in [0.1, 0.15) is 5.82 Å². The molecule has 0 saturated carbocycles.